The Morgan fingerprint density at radius 2 is 2.33 bits per heavy atom. The molecule has 2 rings (SSSR count). The van der Waals surface area contributed by atoms with Gasteiger partial charge in [-0.2, -0.15) is 0 Å². The van der Waals surface area contributed by atoms with E-state index in [0.29, 0.717) is 5.52 Å². The summed E-state index contributed by atoms with van der Waals surface area (Å²) in [5.41, 5.74) is 1.18. The molecule has 5 heteroatoms. The lowest BCUT2D eigenvalue weighted by Crippen LogP contribution is -2.12. The van der Waals surface area contributed by atoms with Crippen molar-refractivity contribution in [3.8, 4) is 0 Å². The highest BCUT2D eigenvalue weighted by Gasteiger charge is 2.02. The summed E-state index contributed by atoms with van der Waals surface area (Å²) in [6.07, 6.45) is 0. The van der Waals surface area contributed by atoms with E-state index in [1.165, 1.54) is 4.52 Å². The highest BCUT2D eigenvalue weighted by Crippen LogP contribution is 2.04. The molecule has 0 unspecified atom stereocenters. The van der Waals surface area contributed by atoms with Crippen molar-refractivity contribution in [1.82, 2.24) is 14.6 Å². The topological polar surface area (TPSA) is 50.2 Å². The number of aromatic nitrogens is 3. The van der Waals surface area contributed by atoms with Crippen molar-refractivity contribution in [1.29, 1.82) is 0 Å². The summed E-state index contributed by atoms with van der Waals surface area (Å²) in [6, 6.07) is 3.52. The van der Waals surface area contributed by atoms with Gasteiger partial charge in [-0.25, -0.2) is 4.52 Å². The van der Waals surface area contributed by atoms with Crippen LogP contribution in [0.2, 0.25) is 5.28 Å². The van der Waals surface area contributed by atoms with Gasteiger partial charge < -0.3 is 0 Å². The van der Waals surface area contributed by atoms with Crippen LogP contribution in [0.3, 0.4) is 0 Å². The first-order chi connectivity index (χ1) is 5.68. The quantitative estimate of drug-likeness (QED) is 0.662. The first-order valence-corrected chi connectivity index (χ1v) is 3.80. The predicted molar refractivity (Wildman–Crippen MR) is 45.6 cm³/mol. The van der Waals surface area contributed by atoms with Crippen LogP contribution in [-0.2, 0) is 0 Å². The van der Waals surface area contributed by atoms with Crippen LogP contribution in [0.15, 0.2) is 16.9 Å². The molecule has 0 radical (unpaired) electrons. The summed E-state index contributed by atoms with van der Waals surface area (Å²) in [5, 5.41) is 4.03. The minimum absolute atomic E-state index is 0.104. The van der Waals surface area contributed by atoms with Crippen LogP contribution in [0.4, 0.5) is 0 Å². The second kappa shape index (κ2) is 2.35. The Kier molecular flexibility index (Phi) is 1.44. The number of rotatable bonds is 0. The molecule has 12 heavy (non-hydrogen) atoms. The van der Waals surface area contributed by atoms with Crippen molar-refractivity contribution in [2.24, 2.45) is 0 Å². The monoisotopic (exact) mass is 183 g/mol. The summed E-state index contributed by atoms with van der Waals surface area (Å²) in [7, 11) is 0. The molecule has 4 nitrogen and oxygen atoms in total. The number of H-pyrrole nitrogens is 1. The summed E-state index contributed by atoms with van der Waals surface area (Å²) < 4.78 is 1.52. The molecule has 0 saturated heterocycles. The minimum atomic E-state index is -0.219. The predicted octanol–water partition coefficient (Wildman–Crippen LogP) is 0.984. The fraction of sp³-hybridized carbons (Fsp3) is 0.143. The first-order valence-electron chi connectivity index (χ1n) is 3.42. The van der Waals surface area contributed by atoms with Crippen LogP contribution >= 0.6 is 11.6 Å². The van der Waals surface area contributed by atoms with E-state index in [2.05, 4.69) is 10.1 Å². The normalized spacial score (nSPS) is 10.8. The fourth-order valence-electron chi connectivity index (χ4n) is 1.11. The Hall–Kier alpha value is -1.29. The van der Waals surface area contributed by atoms with Crippen LogP contribution in [0.1, 0.15) is 5.69 Å². The Labute approximate surface area is 72.8 Å². The molecule has 0 aliphatic heterocycles. The lowest BCUT2D eigenvalue weighted by atomic mass is 10.5. The SMILES string of the molecule is Cc1ccc2c(=O)[nH]c(Cl)nn12. The standard InChI is InChI=1S/C7H6ClN3O/c1-4-2-3-5-6(12)9-7(8)10-11(4)5/h2-3H,1H3,(H,9,10,12). The van der Waals surface area contributed by atoms with Gasteiger partial charge in [0.25, 0.3) is 5.56 Å². The molecule has 0 saturated carbocycles. The van der Waals surface area contributed by atoms with E-state index in [-0.39, 0.29) is 10.8 Å². The van der Waals surface area contributed by atoms with Gasteiger partial charge in [0, 0.05) is 5.69 Å². The van der Waals surface area contributed by atoms with E-state index >= 15 is 0 Å². The van der Waals surface area contributed by atoms with E-state index in [1.54, 1.807) is 6.07 Å². The van der Waals surface area contributed by atoms with E-state index in [9.17, 15) is 4.79 Å². The Morgan fingerprint density at radius 3 is 3.08 bits per heavy atom. The third kappa shape index (κ3) is 0.921. The number of aryl methyl sites for hydroxylation is 1. The van der Waals surface area contributed by atoms with Gasteiger partial charge in [-0.05, 0) is 30.7 Å². The number of hydrogen-bond donors (Lipinski definition) is 1. The zero-order valence-corrected chi connectivity index (χ0v) is 7.09. The van der Waals surface area contributed by atoms with Gasteiger partial charge in [0.1, 0.15) is 5.52 Å². The van der Waals surface area contributed by atoms with E-state index in [4.69, 9.17) is 11.6 Å². The molecular weight excluding hydrogens is 178 g/mol. The second-order valence-corrected chi connectivity index (χ2v) is 2.87. The second-order valence-electron chi connectivity index (χ2n) is 2.52. The summed E-state index contributed by atoms with van der Waals surface area (Å²) in [6.45, 7) is 1.86. The zero-order chi connectivity index (χ0) is 8.72. The van der Waals surface area contributed by atoms with Gasteiger partial charge in [-0.15, -0.1) is 5.10 Å². The van der Waals surface area contributed by atoms with E-state index in [1.807, 2.05) is 13.0 Å². The molecule has 2 aromatic rings. The Balaban J connectivity index is 3.03. The number of halogens is 1. The molecule has 1 N–H and O–H groups in total. The third-order valence-corrected chi connectivity index (χ3v) is 1.85. The number of nitrogens with zero attached hydrogens (tertiary/aromatic N) is 2. The van der Waals surface area contributed by atoms with Crippen molar-refractivity contribution in [3.63, 3.8) is 0 Å². The van der Waals surface area contributed by atoms with Gasteiger partial charge in [-0.1, -0.05) is 0 Å². The summed E-state index contributed by atoms with van der Waals surface area (Å²) >= 11 is 5.57. The van der Waals surface area contributed by atoms with Crippen molar-refractivity contribution in [3.05, 3.63) is 33.5 Å². The maximum atomic E-state index is 11.2. The van der Waals surface area contributed by atoms with Crippen LogP contribution in [0.25, 0.3) is 5.52 Å². The maximum Gasteiger partial charge on any atom is 0.276 e. The number of nitrogens with one attached hydrogen (secondary N) is 1. The van der Waals surface area contributed by atoms with Crippen molar-refractivity contribution in [2.75, 3.05) is 0 Å². The summed E-state index contributed by atoms with van der Waals surface area (Å²) in [4.78, 5) is 13.6. The Morgan fingerprint density at radius 1 is 1.58 bits per heavy atom. The number of hydrogen-bond acceptors (Lipinski definition) is 2. The average molecular weight is 184 g/mol. The largest absolute Gasteiger partial charge is 0.294 e. The molecule has 62 valence electrons. The molecule has 2 aromatic heterocycles. The summed E-state index contributed by atoms with van der Waals surface area (Å²) in [5.74, 6) is 0. The van der Waals surface area contributed by atoms with Crippen molar-refractivity contribution in [2.45, 2.75) is 6.92 Å². The van der Waals surface area contributed by atoms with Crippen LogP contribution < -0.4 is 5.56 Å². The molecule has 0 fully saturated rings. The highest BCUT2D eigenvalue weighted by molar-refractivity contribution is 6.28. The van der Waals surface area contributed by atoms with Crippen molar-refractivity contribution >= 4 is 17.1 Å². The Bertz CT molecular complexity index is 485. The lowest BCUT2D eigenvalue weighted by molar-refractivity contribution is 0.861. The van der Waals surface area contributed by atoms with Crippen LogP contribution in [0.5, 0.6) is 0 Å². The van der Waals surface area contributed by atoms with Gasteiger partial charge in [0.15, 0.2) is 0 Å². The van der Waals surface area contributed by atoms with Gasteiger partial charge in [0.05, 0.1) is 0 Å². The van der Waals surface area contributed by atoms with Crippen molar-refractivity contribution < 1.29 is 0 Å². The van der Waals surface area contributed by atoms with E-state index in [0.717, 1.165) is 5.69 Å². The number of fused-ring (bicyclic) bond motifs is 1. The molecule has 0 amide bonds. The smallest absolute Gasteiger partial charge is 0.276 e. The molecule has 2 heterocycles. The first kappa shape index (κ1) is 7.36. The lowest BCUT2D eigenvalue weighted by Gasteiger charge is -1.95. The fourth-order valence-corrected chi connectivity index (χ4v) is 1.27. The maximum absolute atomic E-state index is 11.2. The van der Waals surface area contributed by atoms with Gasteiger partial charge >= 0.3 is 0 Å². The molecule has 0 aromatic carbocycles. The number of aromatic amines is 1. The average Bonchev–Trinajstić information content (AvgIpc) is 2.33. The zero-order valence-electron chi connectivity index (χ0n) is 6.34. The molecule has 0 atom stereocenters. The molecule has 0 aliphatic carbocycles. The van der Waals surface area contributed by atoms with Gasteiger partial charge in [-0.3, -0.25) is 9.78 Å². The highest BCUT2D eigenvalue weighted by atomic mass is 35.5. The minimum Gasteiger partial charge on any atom is -0.294 e. The molecular formula is C7H6ClN3O. The molecule has 0 aliphatic rings. The third-order valence-electron chi connectivity index (χ3n) is 1.68. The van der Waals surface area contributed by atoms with Crippen LogP contribution in [-0.4, -0.2) is 14.6 Å². The molecule has 0 bridgehead atoms. The molecule has 0 spiro atoms. The van der Waals surface area contributed by atoms with Gasteiger partial charge in [0.2, 0.25) is 5.28 Å². The van der Waals surface area contributed by atoms with E-state index < -0.39 is 0 Å². The van der Waals surface area contributed by atoms with Crippen LogP contribution in [0, 0.1) is 6.92 Å².